The predicted molar refractivity (Wildman–Crippen MR) is 83.4 cm³/mol. The molecule has 1 heterocycles. The lowest BCUT2D eigenvalue weighted by Crippen LogP contribution is -2.50. The summed E-state index contributed by atoms with van der Waals surface area (Å²) in [5.74, 6) is -0.0494. The van der Waals surface area contributed by atoms with Crippen LogP contribution in [0.15, 0.2) is 24.3 Å². The number of amides is 2. The minimum atomic E-state index is -0.112. The molecule has 0 aliphatic carbocycles. The summed E-state index contributed by atoms with van der Waals surface area (Å²) in [7, 11) is 0. The average molecular weight is 289 g/mol. The van der Waals surface area contributed by atoms with Crippen LogP contribution in [0.3, 0.4) is 0 Å². The van der Waals surface area contributed by atoms with E-state index in [1.54, 1.807) is 24.3 Å². The van der Waals surface area contributed by atoms with Crippen LogP contribution in [0.2, 0.25) is 0 Å². The molecule has 0 unspecified atom stereocenters. The first kappa shape index (κ1) is 15.5. The second-order valence-corrected chi connectivity index (χ2v) is 5.68. The summed E-state index contributed by atoms with van der Waals surface area (Å²) in [6.45, 7) is 9.21. The first-order valence-corrected chi connectivity index (χ1v) is 7.38. The van der Waals surface area contributed by atoms with Gasteiger partial charge in [0.05, 0.1) is 0 Å². The van der Waals surface area contributed by atoms with Crippen molar-refractivity contribution in [2.75, 3.05) is 31.5 Å². The molecule has 1 aliphatic rings. The summed E-state index contributed by atoms with van der Waals surface area (Å²) in [5.41, 5.74) is 1.38. The zero-order chi connectivity index (χ0) is 15.4. The van der Waals surface area contributed by atoms with Gasteiger partial charge in [0, 0.05) is 50.4 Å². The molecule has 21 heavy (non-hydrogen) atoms. The van der Waals surface area contributed by atoms with E-state index in [1.807, 2.05) is 4.90 Å². The summed E-state index contributed by atoms with van der Waals surface area (Å²) < 4.78 is 0. The van der Waals surface area contributed by atoms with E-state index in [0.29, 0.717) is 17.3 Å². The molecule has 1 N–H and O–H groups in total. The Labute approximate surface area is 125 Å². The molecule has 1 aromatic rings. The highest BCUT2D eigenvalue weighted by atomic mass is 16.2. The second-order valence-electron chi connectivity index (χ2n) is 5.68. The molecule has 0 saturated carbocycles. The number of hydrogen-bond acceptors (Lipinski definition) is 3. The smallest absolute Gasteiger partial charge is 0.253 e. The third-order valence-corrected chi connectivity index (χ3v) is 3.78. The number of hydrogen-bond donors (Lipinski definition) is 1. The van der Waals surface area contributed by atoms with Crippen LogP contribution >= 0.6 is 0 Å². The van der Waals surface area contributed by atoms with Crippen LogP contribution in [0.1, 0.15) is 31.1 Å². The van der Waals surface area contributed by atoms with Crippen LogP contribution < -0.4 is 5.32 Å². The van der Waals surface area contributed by atoms with Gasteiger partial charge in [0.25, 0.3) is 5.91 Å². The van der Waals surface area contributed by atoms with Crippen molar-refractivity contribution in [2.45, 2.75) is 26.8 Å². The first-order valence-electron chi connectivity index (χ1n) is 7.38. The standard InChI is InChI=1S/C16H23N3O2/c1-12(2)18-8-10-19(11-9-18)16(21)14-4-6-15(7-5-14)17-13(3)20/h4-7,12H,8-11H2,1-3H3,(H,17,20). The molecule has 0 bridgehead atoms. The van der Waals surface area contributed by atoms with Crippen LogP contribution in [0.5, 0.6) is 0 Å². The Bertz CT molecular complexity index is 503. The van der Waals surface area contributed by atoms with Crippen LogP contribution in [0.25, 0.3) is 0 Å². The molecule has 0 spiro atoms. The Morgan fingerprint density at radius 3 is 2.10 bits per heavy atom. The summed E-state index contributed by atoms with van der Waals surface area (Å²) in [6.07, 6.45) is 0. The fourth-order valence-electron chi connectivity index (χ4n) is 2.52. The lowest BCUT2D eigenvalue weighted by Gasteiger charge is -2.37. The van der Waals surface area contributed by atoms with Gasteiger partial charge in [-0.2, -0.15) is 0 Å². The lowest BCUT2D eigenvalue weighted by molar-refractivity contribution is -0.114. The van der Waals surface area contributed by atoms with E-state index in [2.05, 4.69) is 24.1 Å². The third-order valence-electron chi connectivity index (χ3n) is 3.78. The van der Waals surface area contributed by atoms with Gasteiger partial charge in [0.15, 0.2) is 0 Å². The Kier molecular flexibility index (Phi) is 4.96. The van der Waals surface area contributed by atoms with E-state index in [0.717, 1.165) is 26.2 Å². The van der Waals surface area contributed by atoms with Gasteiger partial charge in [-0.1, -0.05) is 0 Å². The van der Waals surface area contributed by atoms with E-state index < -0.39 is 0 Å². The number of anilines is 1. The van der Waals surface area contributed by atoms with Crippen molar-refractivity contribution in [3.8, 4) is 0 Å². The monoisotopic (exact) mass is 289 g/mol. The van der Waals surface area contributed by atoms with Crippen molar-refractivity contribution >= 4 is 17.5 Å². The number of benzene rings is 1. The van der Waals surface area contributed by atoms with Crippen LogP contribution in [-0.2, 0) is 4.79 Å². The van der Waals surface area contributed by atoms with Gasteiger partial charge >= 0.3 is 0 Å². The Balaban J connectivity index is 1.96. The SMILES string of the molecule is CC(=O)Nc1ccc(C(=O)N2CCN(C(C)C)CC2)cc1. The van der Waals surface area contributed by atoms with E-state index in [-0.39, 0.29) is 11.8 Å². The number of nitrogens with zero attached hydrogens (tertiary/aromatic N) is 2. The van der Waals surface area contributed by atoms with E-state index in [4.69, 9.17) is 0 Å². The first-order chi connectivity index (χ1) is 9.97. The fourth-order valence-corrected chi connectivity index (χ4v) is 2.52. The Hall–Kier alpha value is -1.88. The molecule has 1 saturated heterocycles. The quantitative estimate of drug-likeness (QED) is 0.923. The van der Waals surface area contributed by atoms with Crippen molar-refractivity contribution in [1.29, 1.82) is 0 Å². The maximum atomic E-state index is 12.4. The van der Waals surface area contributed by atoms with Gasteiger partial charge in [-0.3, -0.25) is 14.5 Å². The van der Waals surface area contributed by atoms with Crippen molar-refractivity contribution < 1.29 is 9.59 Å². The molecular formula is C16H23N3O2. The van der Waals surface area contributed by atoms with Gasteiger partial charge in [-0.05, 0) is 38.1 Å². The number of rotatable bonds is 3. The van der Waals surface area contributed by atoms with E-state index >= 15 is 0 Å². The molecule has 1 aromatic carbocycles. The number of nitrogens with one attached hydrogen (secondary N) is 1. The number of carbonyl (C=O) groups excluding carboxylic acids is 2. The maximum Gasteiger partial charge on any atom is 0.253 e. The van der Waals surface area contributed by atoms with Crippen molar-refractivity contribution in [1.82, 2.24) is 9.80 Å². The lowest BCUT2D eigenvalue weighted by atomic mass is 10.1. The minimum Gasteiger partial charge on any atom is -0.336 e. The molecule has 0 atom stereocenters. The molecule has 1 aliphatic heterocycles. The molecule has 0 radical (unpaired) electrons. The van der Waals surface area contributed by atoms with Crippen LogP contribution in [-0.4, -0.2) is 53.8 Å². The van der Waals surface area contributed by atoms with Gasteiger partial charge in [-0.15, -0.1) is 0 Å². The van der Waals surface area contributed by atoms with E-state index in [9.17, 15) is 9.59 Å². The molecule has 0 aromatic heterocycles. The second kappa shape index (κ2) is 6.72. The largest absolute Gasteiger partial charge is 0.336 e. The van der Waals surface area contributed by atoms with Gasteiger partial charge in [0.1, 0.15) is 0 Å². The highest BCUT2D eigenvalue weighted by Gasteiger charge is 2.23. The molecule has 1 fully saturated rings. The molecule has 114 valence electrons. The predicted octanol–water partition coefficient (Wildman–Crippen LogP) is 1.81. The average Bonchev–Trinajstić information content (AvgIpc) is 2.47. The molecule has 2 amide bonds. The van der Waals surface area contributed by atoms with Crippen LogP contribution in [0.4, 0.5) is 5.69 Å². The van der Waals surface area contributed by atoms with Crippen molar-refractivity contribution in [3.05, 3.63) is 29.8 Å². The zero-order valence-corrected chi connectivity index (χ0v) is 12.9. The van der Waals surface area contributed by atoms with Gasteiger partial charge < -0.3 is 10.2 Å². The molecule has 5 heteroatoms. The highest BCUT2D eigenvalue weighted by molar-refractivity contribution is 5.95. The van der Waals surface area contributed by atoms with Gasteiger partial charge in [0.2, 0.25) is 5.91 Å². The molecule has 2 rings (SSSR count). The zero-order valence-electron chi connectivity index (χ0n) is 12.9. The van der Waals surface area contributed by atoms with Crippen molar-refractivity contribution in [3.63, 3.8) is 0 Å². The van der Waals surface area contributed by atoms with Crippen molar-refractivity contribution in [2.24, 2.45) is 0 Å². The number of piperazine rings is 1. The van der Waals surface area contributed by atoms with E-state index in [1.165, 1.54) is 6.92 Å². The fraction of sp³-hybridized carbons (Fsp3) is 0.500. The van der Waals surface area contributed by atoms with Gasteiger partial charge in [-0.25, -0.2) is 0 Å². The summed E-state index contributed by atoms with van der Waals surface area (Å²) in [6, 6.07) is 7.59. The van der Waals surface area contributed by atoms with Crippen LogP contribution in [0, 0.1) is 0 Å². The summed E-state index contributed by atoms with van der Waals surface area (Å²) >= 11 is 0. The third kappa shape index (κ3) is 4.04. The maximum absolute atomic E-state index is 12.4. The summed E-state index contributed by atoms with van der Waals surface area (Å²) in [5, 5.41) is 2.70. The minimum absolute atomic E-state index is 0.0628. The number of carbonyl (C=O) groups is 2. The normalized spacial score (nSPS) is 16.1. The Morgan fingerprint density at radius 1 is 1.05 bits per heavy atom. The highest BCUT2D eigenvalue weighted by Crippen LogP contribution is 2.14. The Morgan fingerprint density at radius 2 is 1.62 bits per heavy atom. The topological polar surface area (TPSA) is 52.7 Å². The molecule has 5 nitrogen and oxygen atoms in total. The summed E-state index contributed by atoms with van der Waals surface area (Å²) in [4.78, 5) is 27.7. The molecular weight excluding hydrogens is 266 g/mol.